The second-order valence-electron chi connectivity index (χ2n) is 5.59. The Labute approximate surface area is 107 Å². The molecule has 0 radical (unpaired) electrons. The van der Waals surface area contributed by atoms with E-state index >= 15 is 0 Å². The van der Waals surface area contributed by atoms with Crippen molar-refractivity contribution in [3.63, 3.8) is 0 Å². The Morgan fingerprint density at radius 3 is 2.56 bits per heavy atom. The van der Waals surface area contributed by atoms with Gasteiger partial charge in [-0.25, -0.2) is 4.98 Å². The first-order valence-corrected chi connectivity index (χ1v) is 6.68. The molecule has 2 heterocycles. The van der Waals surface area contributed by atoms with Crippen LogP contribution < -0.4 is 0 Å². The Morgan fingerprint density at radius 2 is 1.89 bits per heavy atom. The summed E-state index contributed by atoms with van der Waals surface area (Å²) in [5.41, 5.74) is 2.60. The van der Waals surface area contributed by atoms with Gasteiger partial charge in [0.2, 0.25) is 0 Å². The summed E-state index contributed by atoms with van der Waals surface area (Å²) in [5.74, 6) is 2.05. The minimum atomic E-state index is 1.02. The van der Waals surface area contributed by atoms with Gasteiger partial charge >= 0.3 is 0 Å². The van der Waals surface area contributed by atoms with Crippen LogP contribution in [0.3, 0.4) is 0 Å². The average molecular weight is 239 g/mol. The molecule has 1 saturated carbocycles. The second kappa shape index (κ2) is 3.95. The lowest BCUT2D eigenvalue weighted by Crippen LogP contribution is -2.21. The Balaban J connectivity index is 1.46. The van der Waals surface area contributed by atoms with Crippen molar-refractivity contribution in [3.8, 4) is 5.69 Å². The van der Waals surface area contributed by atoms with E-state index in [1.807, 2.05) is 23.3 Å². The fourth-order valence-electron chi connectivity index (χ4n) is 3.07. The first-order chi connectivity index (χ1) is 8.88. The van der Waals surface area contributed by atoms with Crippen LogP contribution in [0.2, 0.25) is 0 Å². The minimum absolute atomic E-state index is 1.02. The molecule has 0 spiro atoms. The maximum atomic E-state index is 4.07. The van der Waals surface area contributed by atoms with Gasteiger partial charge in [-0.2, -0.15) is 0 Å². The Bertz CT molecular complexity index is 519. The largest absolute Gasteiger partial charge is 0.306 e. The Hall–Kier alpha value is -1.61. The van der Waals surface area contributed by atoms with E-state index < -0.39 is 0 Å². The lowest BCUT2D eigenvalue weighted by atomic mass is 10.2. The molecular formula is C15H17N3. The van der Waals surface area contributed by atoms with Crippen molar-refractivity contribution < 1.29 is 0 Å². The normalized spacial score (nSPS) is 26.2. The third kappa shape index (κ3) is 1.85. The quantitative estimate of drug-likeness (QED) is 0.819. The summed E-state index contributed by atoms with van der Waals surface area (Å²) < 4.78 is 2.04. The molecule has 0 amide bonds. The molecule has 1 aliphatic carbocycles. The lowest BCUT2D eigenvalue weighted by Gasteiger charge is -2.17. The summed E-state index contributed by atoms with van der Waals surface area (Å²) >= 11 is 0. The Morgan fingerprint density at radius 1 is 1.11 bits per heavy atom. The molecule has 1 aromatic heterocycles. The summed E-state index contributed by atoms with van der Waals surface area (Å²) in [6, 6.07) is 8.82. The molecule has 4 rings (SSSR count). The lowest BCUT2D eigenvalue weighted by molar-refractivity contribution is 0.297. The number of hydrogen-bond donors (Lipinski definition) is 0. The van der Waals surface area contributed by atoms with Crippen LogP contribution in [0.25, 0.3) is 5.69 Å². The number of piperidine rings is 1. The van der Waals surface area contributed by atoms with E-state index in [1.54, 1.807) is 0 Å². The van der Waals surface area contributed by atoms with E-state index in [-0.39, 0.29) is 0 Å². The summed E-state index contributed by atoms with van der Waals surface area (Å²) in [4.78, 5) is 6.66. The fourth-order valence-corrected chi connectivity index (χ4v) is 3.07. The van der Waals surface area contributed by atoms with Crippen LogP contribution >= 0.6 is 0 Å². The van der Waals surface area contributed by atoms with Crippen molar-refractivity contribution in [1.29, 1.82) is 0 Å². The van der Waals surface area contributed by atoms with Gasteiger partial charge in [-0.05, 0) is 36.0 Å². The highest BCUT2D eigenvalue weighted by atomic mass is 15.2. The fraction of sp³-hybridized carbons (Fsp3) is 0.400. The molecule has 2 unspecified atom stereocenters. The van der Waals surface area contributed by atoms with Crippen LogP contribution in [-0.2, 0) is 6.54 Å². The molecule has 3 nitrogen and oxygen atoms in total. The molecule has 18 heavy (non-hydrogen) atoms. The van der Waals surface area contributed by atoms with Crippen molar-refractivity contribution >= 4 is 0 Å². The average Bonchev–Trinajstić information content (AvgIpc) is 2.85. The van der Waals surface area contributed by atoms with Crippen LogP contribution in [0, 0.1) is 11.8 Å². The van der Waals surface area contributed by atoms with Gasteiger partial charge in [0.25, 0.3) is 0 Å². The van der Waals surface area contributed by atoms with E-state index in [0.717, 1.165) is 18.4 Å². The molecule has 1 aromatic carbocycles. The summed E-state index contributed by atoms with van der Waals surface area (Å²) in [6.07, 6.45) is 7.10. The number of hydrogen-bond acceptors (Lipinski definition) is 2. The van der Waals surface area contributed by atoms with Crippen molar-refractivity contribution in [3.05, 3.63) is 48.5 Å². The third-order valence-corrected chi connectivity index (χ3v) is 4.20. The predicted octanol–water partition coefficient (Wildman–Crippen LogP) is 2.32. The van der Waals surface area contributed by atoms with Gasteiger partial charge in [-0.15, -0.1) is 0 Å². The standard InChI is InChI=1S/C15H17N3/c1-3-15(18-6-5-16-11-18)4-2-12(1)8-17-9-13-7-14(13)10-17/h1-6,11,13-14H,7-10H2. The molecule has 0 N–H and O–H groups in total. The number of fused-ring (bicyclic) bond motifs is 1. The second-order valence-corrected chi connectivity index (χ2v) is 5.59. The van der Waals surface area contributed by atoms with Crippen molar-refractivity contribution in [2.75, 3.05) is 13.1 Å². The van der Waals surface area contributed by atoms with E-state index in [0.29, 0.717) is 0 Å². The number of likely N-dealkylation sites (tertiary alicyclic amines) is 1. The zero-order chi connectivity index (χ0) is 11.9. The van der Waals surface area contributed by atoms with Gasteiger partial charge in [0.05, 0.1) is 6.33 Å². The smallest absolute Gasteiger partial charge is 0.0991 e. The van der Waals surface area contributed by atoms with Gasteiger partial charge in [0.15, 0.2) is 0 Å². The number of aromatic nitrogens is 2. The molecule has 1 saturated heterocycles. The zero-order valence-corrected chi connectivity index (χ0v) is 10.4. The van der Waals surface area contributed by atoms with Crippen molar-refractivity contribution in [2.45, 2.75) is 13.0 Å². The van der Waals surface area contributed by atoms with E-state index in [2.05, 4.69) is 34.1 Å². The molecule has 2 fully saturated rings. The predicted molar refractivity (Wildman–Crippen MR) is 70.4 cm³/mol. The highest BCUT2D eigenvalue weighted by molar-refractivity contribution is 5.34. The first-order valence-electron chi connectivity index (χ1n) is 6.68. The number of nitrogens with zero attached hydrogens (tertiary/aromatic N) is 3. The molecule has 2 aromatic rings. The molecule has 1 aliphatic heterocycles. The monoisotopic (exact) mass is 239 g/mol. The van der Waals surface area contributed by atoms with Crippen molar-refractivity contribution in [2.24, 2.45) is 11.8 Å². The van der Waals surface area contributed by atoms with E-state index in [1.165, 1.54) is 30.8 Å². The van der Waals surface area contributed by atoms with Gasteiger partial charge in [-0.3, -0.25) is 4.90 Å². The summed E-state index contributed by atoms with van der Waals surface area (Å²) in [5, 5.41) is 0. The maximum Gasteiger partial charge on any atom is 0.0991 e. The van der Waals surface area contributed by atoms with Gasteiger partial charge < -0.3 is 4.57 Å². The number of imidazole rings is 1. The van der Waals surface area contributed by atoms with Crippen molar-refractivity contribution in [1.82, 2.24) is 14.5 Å². The van der Waals surface area contributed by atoms with Gasteiger partial charge in [0.1, 0.15) is 0 Å². The molecule has 2 aliphatic rings. The highest BCUT2D eigenvalue weighted by Crippen LogP contribution is 2.45. The zero-order valence-electron chi connectivity index (χ0n) is 10.4. The maximum absolute atomic E-state index is 4.07. The van der Waals surface area contributed by atoms with Crippen LogP contribution in [0.15, 0.2) is 43.0 Å². The van der Waals surface area contributed by atoms with Crippen LogP contribution in [0.1, 0.15) is 12.0 Å². The summed E-state index contributed by atoms with van der Waals surface area (Å²) in [7, 11) is 0. The highest BCUT2D eigenvalue weighted by Gasteiger charge is 2.44. The SMILES string of the molecule is c1cn(-c2ccc(CN3CC4CC4C3)cc2)cn1. The minimum Gasteiger partial charge on any atom is -0.306 e. The van der Waals surface area contributed by atoms with Gasteiger partial charge in [0, 0.05) is 37.7 Å². The molecule has 92 valence electrons. The van der Waals surface area contributed by atoms with Crippen LogP contribution in [0.4, 0.5) is 0 Å². The Kier molecular flexibility index (Phi) is 2.27. The number of benzene rings is 1. The molecule has 2 atom stereocenters. The van der Waals surface area contributed by atoms with Crippen LogP contribution in [-0.4, -0.2) is 27.5 Å². The van der Waals surface area contributed by atoms with Gasteiger partial charge in [-0.1, -0.05) is 12.1 Å². The number of rotatable bonds is 3. The molecule has 0 bridgehead atoms. The third-order valence-electron chi connectivity index (χ3n) is 4.20. The van der Waals surface area contributed by atoms with E-state index in [9.17, 15) is 0 Å². The summed E-state index contributed by atoms with van der Waals surface area (Å²) in [6.45, 7) is 3.74. The van der Waals surface area contributed by atoms with E-state index in [4.69, 9.17) is 0 Å². The van der Waals surface area contributed by atoms with Crippen LogP contribution in [0.5, 0.6) is 0 Å². The topological polar surface area (TPSA) is 21.1 Å². The first kappa shape index (κ1) is 10.3. The molecular weight excluding hydrogens is 222 g/mol. The molecule has 3 heteroatoms.